The minimum atomic E-state index is -0.469. The van der Waals surface area contributed by atoms with E-state index in [0.717, 1.165) is 0 Å². The van der Waals surface area contributed by atoms with Gasteiger partial charge in [0.15, 0.2) is 5.78 Å². The zero-order valence-electron chi connectivity index (χ0n) is 5.87. The molecule has 0 unspecified atom stereocenters. The second kappa shape index (κ2) is 2.80. The smallest absolute Gasteiger partial charge is 0.155 e. The minimum absolute atomic E-state index is 0.0448. The fourth-order valence-corrected chi connectivity index (χ4v) is 0.922. The van der Waals surface area contributed by atoms with Gasteiger partial charge in [-0.1, -0.05) is 18.2 Å². The van der Waals surface area contributed by atoms with Crippen molar-refractivity contribution in [3.8, 4) is 0 Å². The molecule has 0 aromatic carbocycles. The Morgan fingerprint density at radius 3 is 2.90 bits per heavy atom. The summed E-state index contributed by atoms with van der Waals surface area (Å²) in [5.41, 5.74) is 0.704. The summed E-state index contributed by atoms with van der Waals surface area (Å²) in [6, 6.07) is 0. The largest absolute Gasteiger partial charge is 0.389 e. The fourth-order valence-electron chi connectivity index (χ4n) is 0.922. The van der Waals surface area contributed by atoms with Crippen LogP contribution in [0, 0.1) is 0 Å². The van der Waals surface area contributed by atoms with Crippen LogP contribution in [-0.4, -0.2) is 17.0 Å². The van der Waals surface area contributed by atoms with Crippen molar-refractivity contribution in [2.24, 2.45) is 0 Å². The molecule has 0 heterocycles. The summed E-state index contributed by atoms with van der Waals surface area (Å²) in [7, 11) is 0. The van der Waals surface area contributed by atoms with Crippen LogP contribution in [-0.2, 0) is 4.79 Å². The number of aliphatic hydroxyl groups is 1. The zero-order chi connectivity index (χ0) is 7.56. The zero-order valence-corrected chi connectivity index (χ0v) is 5.87. The van der Waals surface area contributed by atoms with Gasteiger partial charge < -0.3 is 5.11 Å². The van der Waals surface area contributed by atoms with E-state index >= 15 is 0 Å². The summed E-state index contributed by atoms with van der Waals surface area (Å²) < 4.78 is 0. The van der Waals surface area contributed by atoms with Crippen LogP contribution >= 0.6 is 0 Å². The number of aliphatic hydroxyl groups excluding tert-OH is 1. The van der Waals surface area contributed by atoms with Gasteiger partial charge in [-0.3, -0.25) is 4.79 Å². The van der Waals surface area contributed by atoms with Crippen LogP contribution in [0.4, 0.5) is 0 Å². The van der Waals surface area contributed by atoms with Crippen LogP contribution in [0.1, 0.15) is 13.3 Å². The number of hydrogen-bond acceptors (Lipinski definition) is 2. The molecule has 10 heavy (non-hydrogen) atoms. The molecule has 54 valence electrons. The molecule has 0 fully saturated rings. The molecule has 0 aromatic rings. The van der Waals surface area contributed by atoms with Crippen LogP contribution in [0.5, 0.6) is 0 Å². The van der Waals surface area contributed by atoms with Gasteiger partial charge in [-0.25, -0.2) is 0 Å². The van der Waals surface area contributed by atoms with E-state index in [2.05, 4.69) is 0 Å². The second-order valence-electron chi connectivity index (χ2n) is 2.40. The molecule has 2 heteroatoms. The maximum atomic E-state index is 10.7. The standard InChI is InChI=1S/C8H10O2/c1-6(9)7-3-2-4-8(10)5-7/h2-4,8,10H,5H2,1H3/t8-/m0/s1. The molecule has 0 amide bonds. The van der Waals surface area contributed by atoms with Crippen LogP contribution in [0.15, 0.2) is 23.8 Å². The number of allylic oxidation sites excluding steroid dienone is 2. The van der Waals surface area contributed by atoms with Crippen molar-refractivity contribution in [1.82, 2.24) is 0 Å². The molecule has 0 aliphatic heterocycles. The summed E-state index contributed by atoms with van der Waals surface area (Å²) in [4.78, 5) is 10.7. The molecule has 0 bridgehead atoms. The van der Waals surface area contributed by atoms with E-state index < -0.39 is 6.10 Å². The van der Waals surface area contributed by atoms with Crippen molar-refractivity contribution in [1.29, 1.82) is 0 Å². The van der Waals surface area contributed by atoms with Crippen molar-refractivity contribution in [2.45, 2.75) is 19.4 Å². The number of Topliss-reactive ketones (excluding diaryl/α,β-unsaturated/α-hetero) is 1. The Labute approximate surface area is 59.9 Å². The Morgan fingerprint density at radius 2 is 2.50 bits per heavy atom. The van der Waals surface area contributed by atoms with Gasteiger partial charge >= 0.3 is 0 Å². The van der Waals surface area contributed by atoms with Crippen molar-refractivity contribution >= 4 is 5.78 Å². The minimum Gasteiger partial charge on any atom is -0.389 e. The molecule has 1 aliphatic carbocycles. The monoisotopic (exact) mass is 138 g/mol. The van der Waals surface area contributed by atoms with E-state index in [9.17, 15) is 4.79 Å². The maximum Gasteiger partial charge on any atom is 0.155 e. The average Bonchev–Trinajstić information content (AvgIpc) is 1.88. The van der Waals surface area contributed by atoms with E-state index in [1.165, 1.54) is 6.92 Å². The van der Waals surface area contributed by atoms with Gasteiger partial charge in [-0.2, -0.15) is 0 Å². The number of hydrogen-bond donors (Lipinski definition) is 1. The first-order chi connectivity index (χ1) is 4.70. The molecule has 1 N–H and O–H groups in total. The number of ketones is 1. The number of carbonyl (C=O) groups excluding carboxylic acids is 1. The first kappa shape index (κ1) is 7.22. The highest BCUT2D eigenvalue weighted by atomic mass is 16.3. The highest BCUT2D eigenvalue weighted by Gasteiger charge is 2.10. The summed E-state index contributed by atoms with van der Waals surface area (Å²) in [6.07, 6.45) is 5.13. The lowest BCUT2D eigenvalue weighted by Crippen LogP contribution is -2.10. The van der Waals surface area contributed by atoms with Crippen LogP contribution in [0.2, 0.25) is 0 Å². The Balaban J connectivity index is 2.71. The molecule has 0 aromatic heterocycles. The normalized spacial score (nSPS) is 24.2. The molecule has 1 atom stereocenters. The third-order valence-electron chi connectivity index (χ3n) is 1.51. The summed E-state index contributed by atoms with van der Waals surface area (Å²) >= 11 is 0. The summed E-state index contributed by atoms with van der Waals surface area (Å²) in [6.45, 7) is 1.51. The molecule has 0 spiro atoms. The van der Waals surface area contributed by atoms with Crippen molar-refractivity contribution < 1.29 is 9.90 Å². The Kier molecular flexibility index (Phi) is 2.02. The van der Waals surface area contributed by atoms with Gasteiger partial charge in [0.2, 0.25) is 0 Å². The van der Waals surface area contributed by atoms with Crippen molar-refractivity contribution in [3.63, 3.8) is 0 Å². The van der Waals surface area contributed by atoms with Crippen LogP contribution in [0.25, 0.3) is 0 Å². The predicted molar refractivity (Wildman–Crippen MR) is 38.5 cm³/mol. The first-order valence-electron chi connectivity index (χ1n) is 3.26. The SMILES string of the molecule is CC(=O)C1=CC=C[C@H](O)C1. The number of rotatable bonds is 1. The second-order valence-corrected chi connectivity index (χ2v) is 2.40. The third kappa shape index (κ3) is 1.54. The average molecular weight is 138 g/mol. The lowest BCUT2D eigenvalue weighted by molar-refractivity contribution is -0.113. The molecule has 0 saturated carbocycles. The molecular weight excluding hydrogens is 128 g/mol. The van der Waals surface area contributed by atoms with Gasteiger partial charge in [0.1, 0.15) is 0 Å². The van der Waals surface area contributed by atoms with E-state index in [0.29, 0.717) is 12.0 Å². The molecule has 1 aliphatic rings. The summed E-state index contributed by atoms with van der Waals surface area (Å²) in [5, 5.41) is 9.05. The van der Waals surface area contributed by atoms with Crippen LogP contribution in [0.3, 0.4) is 0 Å². The van der Waals surface area contributed by atoms with E-state index in [1.807, 2.05) is 0 Å². The van der Waals surface area contributed by atoms with Crippen molar-refractivity contribution in [2.75, 3.05) is 0 Å². The first-order valence-corrected chi connectivity index (χ1v) is 3.26. The predicted octanol–water partition coefficient (Wildman–Crippen LogP) is 0.823. The molecule has 1 rings (SSSR count). The molecule has 0 saturated heterocycles. The fraction of sp³-hybridized carbons (Fsp3) is 0.375. The van der Waals surface area contributed by atoms with Gasteiger partial charge in [-0.15, -0.1) is 0 Å². The van der Waals surface area contributed by atoms with Crippen molar-refractivity contribution in [3.05, 3.63) is 23.8 Å². The molecule has 0 radical (unpaired) electrons. The Morgan fingerprint density at radius 1 is 1.80 bits per heavy atom. The van der Waals surface area contributed by atoms with Gasteiger partial charge in [0, 0.05) is 6.42 Å². The summed E-state index contributed by atoms with van der Waals surface area (Å²) in [5.74, 6) is 0.0448. The number of carbonyl (C=O) groups is 1. The quantitative estimate of drug-likeness (QED) is 0.582. The Bertz CT molecular complexity index is 201. The maximum absolute atomic E-state index is 10.7. The lowest BCUT2D eigenvalue weighted by atomic mass is 10.0. The van der Waals surface area contributed by atoms with E-state index in [4.69, 9.17) is 5.11 Å². The third-order valence-corrected chi connectivity index (χ3v) is 1.51. The van der Waals surface area contributed by atoms with E-state index in [-0.39, 0.29) is 5.78 Å². The Hall–Kier alpha value is -0.890. The molecule has 2 nitrogen and oxygen atoms in total. The van der Waals surface area contributed by atoms with E-state index in [1.54, 1.807) is 18.2 Å². The van der Waals surface area contributed by atoms with Gasteiger partial charge in [0.25, 0.3) is 0 Å². The van der Waals surface area contributed by atoms with Gasteiger partial charge in [0.05, 0.1) is 6.10 Å². The highest BCUT2D eigenvalue weighted by Crippen LogP contribution is 2.12. The van der Waals surface area contributed by atoms with Crippen LogP contribution < -0.4 is 0 Å². The lowest BCUT2D eigenvalue weighted by Gasteiger charge is -2.09. The van der Waals surface area contributed by atoms with Gasteiger partial charge in [-0.05, 0) is 12.5 Å². The topological polar surface area (TPSA) is 37.3 Å². The molecular formula is C8H10O2. The highest BCUT2D eigenvalue weighted by molar-refractivity contribution is 5.93.